The molecule has 2 aromatic rings. The molecule has 0 spiro atoms. The Morgan fingerprint density at radius 3 is 2.38 bits per heavy atom. The molecule has 2 aromatic carbocycles. The van der Waals surface area contributed by atoms with Crippen LogP contribution in [-0.2, 0) is 4.79 Å². The van der Waals surface area contributed by atoms with Gasteiger partial charge in [-0.2, -0.15) is 0 Å². The summed E-state index contributed by atoms with van der Waals surface area (Å²) in [6, 6.07) is 12.1. The van der Waals surface area contributed by atoms with E-state index in [0.29, 0.717) is 16.3 Å². The van der Waals surface area contributed by atoms with Crippen LogP contribution >= 0.6 is 11.6 Å². The first kappa shape index (κ1) is 14.9. The van der Waals surface area contributed by atoms with E-state index in [1.165, 1.54) is 12.1 Å². The predicted molar refractivity (Wildman–Crippen MR) is 80.4 cm³/mol. The summed E-state index contributed by atoms with van der Waals surface area (Å²) in [5.74, 6) is -1.75. The minimum Gasteiger partial charge on any atom is -0.479 e. The lowest BCUT2D eigenvalue weighted by atomic mass is 10.1. The van der Waals surface area contributed by atoms with E-state index in [4.69, 9.17) is 17.3 Å². The summed E-state index contributed by atoms with van der Waals surface area (Å²) in [6.07, 6.45) is 0. The predicted octanol–water partition coefficient (Wildman–Crippen LogP) is 2.68. The van der Waals surface area contributed by atoms with Gasteiger partial charge in [0.25, 0.3) is 5.91 Å². The number of carbonyl (C=O) groups is 2. The molecule has 6 heteroatoms. The van der Waals surface area contributed by atoms with Crippen molar-refractivity contribution in [1.29, 1.82) is 0 Å². The van der Waals surface area contributed by atoms with Gasteiger partial charge < -0.3 is 16.2 Å². The highest BCUT2D eigenvalue weighted by molar-refractivity contribution is 6.31. The summed E-state index contributed by atoms with van der Waals surface area (Å²) in [4.78, 5) is 22.9. The maximum atomic E-state index is 11.4. The highest BCUT2D eigenvalue weighted by Crippen LogP contribution is 2.25. The van der Waals surface area contributed by atoms with Crippen LogP contribution in [-0.4, -0.2) is 17.0 Å². The fourth-order valence-electron chi connectivity index (χ4n) is 1.93. The lowest BCUT2D eigenvalue weighted by Gasteiger charge is -2.18. The normalized spacial score (nSPS) is 11.7. The second-order valence-electron chi connectivity index (χ2n) is 4.38. The van der Waals surface area contributed by atoms with E-state index in [2.05, 4.69) is 5.32 Å². The van der Waals surface area contributed by atoms with Crippen LogP contribution < -0.4 is 11.1 Å². The minimum atomic E-state index is -1.06. The van der Waals surface area contributed by atoms with Crippen LogP contribution in [0.5, 0.6) is 0 Å². The van der Waals surface area contributed by atoms with E-state index < -0.39 is 17.9 Å². The van der Waals surface area contributed by atoms with Gasteiger partial charge in [-0.1, -0.05) is 41.9 Å². The van der Waals surface area contributed by atoms with Crippen LogP contribution in [0.2, 0.25) is 5.02 Å². The third kappa shape index (κ3) is 3.52. The van der Waals surface area contributed by atoms with Crippen molar-refractivity contribution < 1.29 is 14.7 Å². The number of halogens is 1. The van der Waals surface area contributed by atoms with Crippen LogP contribution in [0, 0.1) is 0 Å². The van der Waals surface area contributed by atoms with E-state index in [1.54, 1.807) is 36.4 Å². The van der Waals surface area contributed by atoms with Crippen LogP contribution in [0.25, 0.3) is 0 Å². The second kappa shape index (κ2) is 6.28. The Kier molecular flexibility index (Phi) is 4.45. The molecular formula is C15H13ClN2O3. The number of primary amides is 1. The van der Waals surface area contributed by atoms with E-state index in [-0.39, 0.29) is 5.56 Å². The number of carboxylic acid groups (broad SMARTS) is 1. The minimum absolute atomic E-state index is 0.143. The Morgan fingerprint density at radius 2 is 1.81 bits per heavy atom. The molecule has 1 atom stereocenters. The summed E-state index contributed by atoms with van der Waals surface area (Å²) < 4.78 is 0. The molecule has 0 aliphatic carbocycles. The van der Waals surface area contributed by atoms with E-state index in [0.717, 1.165) is 0 Å². The van der Waals surface area contributed by atoms with E-state index in [1.807, 2.05) is 0 Å². The van der Waals surface area contributed by atoms with Gasteiger partial charge >= 0.3 is 5.97 Å². The van der Waals surface area contributed by atoms with Gasteiger partial charge in [0.1, 0.15) is 0 Å². The third-order valence-corrected chi connectivity index (χ3v) is 3.16. The maximum absolute atomic E-state index is 11.4. The van der Waals surface area contributed by atoms with Crippen molar-refractivity contribution in [3.05, 3.63) is 64.7 Å². The van der Waals surface area contributed by atoms with Crippen molar-refractivity contribution in [3.63, 3.8) is 0 Å². The highest BCUT2D eigenvalue weighted by atomic mass is 35.5. The average Bonchev–Trinajstić information content (AvgIpc) is 2.46. The fourth-order valence-corrected chi connectivity index (χ4v) is 2.11. The smallest absolute Gasteiger partial charge is 0.330 e. The Labute approximate surface area is 126 Å². The SMILES string of the molecule is NC(=O)c1cc(Cl)ccc1NC(C(=O)O)c1ccccc1. The van der Waals surface area contributed by atoms with Gasteiger partial charge in [-0.25, -0.2) is 4.79 Å². The van der Waals surface area contributed by atoms with Crippen LogP contribution in [0.3, 0.4) is 0 Å². The number of hydrogen-bond donors (Lipinski definition) is 3. The number of aliphatic carboxylic acids is 1. The molecule has 21 heavy (non-hydrogen) atoms. The molecule has 1 amide bonds. The number of anilines is 1. The Balaban J connectivity index is 2.39. The highest BCUT2D eigenvalue weighted by Gasteiger charge is 2.21. The Bertz CT molecular complexity index is 674. The lowest BCUT2D eigenvalue weighted by Crippen LogP contribution is -2.23. The molecule has 5 nitrogen and oxygen atoms in total. The van der Waals surface area contributed by atoms with Gasteiger partial charge in [-0.15, -0.1) is 0 Å². The van der Waals surface area contributed by atoms with E-state index in [9.17, 15) is 14.7 Å². The number of carbonyl (C=O) groups excluding carboxylic acids is 1. The number of amides is 1. The summed E-state index contributed by atoms with van der Waals surface area (Å²) in [6.45, 7) is 0. The van der Waals surface area contributed by atoms with Crippen molar-refractivity contribution >= 4 is 29.2 Å². The number of nitrogens with one attached hydrogen (secondary N) is 1. The molecule has 0 saturated carbocycles. The molecule has 1 unspecified atom stereocenters. The van der Waals surface area contributed by atoms with Gasteiger partial charge in [0, 0.05) is 10.7 Å². The van der Waals surface area contributed by atoms with Crippen molar-refractivity contribution in [2.75, 3.05) is 5.32 Å². The summed E-state index contributed by atoms with van der Waals surface area (Å²) in [7, 11) is 0. The Morgan fingerprint density at radius 1 is 1.14 bits per heavy atom. The lowest BCUT2D eigenvalue weighted by molar-refractivity contribution is -0.138. The van der Waals surface area contributed by atoms with Gasteiger partial charge in [0.05, 0.1) is 5.56 Å². The van der Waals surface area contributed by atoms with Crippen LogP contribution in [0.4, 0.5) is 5.69 Å². The summed E-state index contributed by atoms with van der Waals surface area (Å²) in [5, 5.41) is 12.5. The number of rotatable bonds is 5. The largest absolute Gasteiger partial charge is 0.479 e. The molecule has 4 N–H and O–H groups in total. The summed E-state index contributed by atoms with van der Waals surface area (Å²) >= 11 is 5.83. The molecule has 0 aromatic heterocycles. The average molecular weight is 305 g/mol. The molecule has 0 bridgehead atoms. The quantitative estimate of drug-likeness (QED) is 0.792. The van der Waals surface area contributed by atoms with Gasteiger partial charge in [-0.3, -0.25) is 4.79 Å². The molecule has 2 rings (SSSR count). The molecule has 0 aliphatic heterocycles. The second-order valence-corrected chi connectivity index (χ2v) is 4.82. The zero-order valence-corrected chi connectivity index (χ0v) is 11.7. The van der Waals surface area contributed by atoms with Gasteiger partial charge in [0.15, 0.2) is 6.04 Å². The van der Waals surface area contributed by atoms with Gasteiger partial charge in [-0.05, 0) is 23.8 Å². The number of carboxylic acids is 1. The van der Waals surface area contributed by atoms with Gasteiger partial charge in [0.2, 0.25) is 0 Å². The fraction of sp³-hybridized carbons (Fsp3) is 0.0667. The number of hydrogen-bond acceptors (Lipinski definition) is 3. The molecule has 0 saturated heterocycles. The number of nitrogens with two attached hydrogens (primary N) is 1. The van der Waals surface area contributed by atoms with Crippen LogP contribution in [0.15, 0.2) is 48.5 Å². The zero-order chi connectivity index (χ0) is 15.4. The Hall–Kier alpha value is -2.53. The first-order chi connectivity index (χ1) is 9.99. The van der Waals surface area contributed by atoms with Crippen LogP contribution in [0.1, 0.15) is 22.0 Å². The van der Waals surface area contributed by atoms with Crippen molar-refractivity contribution in [3.8, 4) is 0 Å². The van der Waals surface area contributed by atoms with E-state index >= 15 is 0 Å². The first-order valence-corrected chi connectivity index (χ1v) is 6.50. The topological polar surface area (TPSA) is 92.4 Å². The molecule has 0 fully saturated rings. The first-order valence-electron chi connectivity index (χ1n) is 6.12. The summed E-state index contributed by atoms with van der Waals surface area (Å²) in [5.41, 5.74) is 6.32. The van der Waals surface area contributed by atoms with Crippen molar-refractivity contribution in [2.45, 2.75) is 6.04 Å². The molecule has 0 radical (unpaired) electrons. The molecule has 108 valence electrons. The van der Waals surface area contributed by atoms with Crippen molar-refractivity contribution in [1.82, 2.24) is 0 Å². The van der Waals surface area contributed by atoms with Crippen molar-refractivity contribution in [2.24, 2.45) is 5.73 Å². The monoisotopic (exact) mass is 304 g/mol. The maximum Gasteiger partial charge on any atom is 0.330 e. The zero-order valence-electron chi connectivity index (χ0n) is 10.9. The number of benzene rings is 2. The standard InChI is InChI=1S/C15H13ClN2O3/c16-10-6-7-12(11(8-10)14(17)19)18-13(15(20)21)9-4-2-1-3-5-9/h1-8,13,18H,(H2,17,19)(H,20,21). The molecule has 0 heterocycles. The molecule has 0 aliphatic rings. The third-order valence-electron chi connectivity index (χ3n) is 2.93. The molecular weight excluding hydrogens is 292 g/mol.